The molecule has 0 aliphatic carbocycles. The monoisotopic (exact) mass is 319 g/mol. The zero-order valence-corrected chi connectivity index (χ0v) is 12.4. The van der Waals surface area contributed by atoms with Gasteiger partial charge in [-0.3, -0.25) is 0 Å². The number of nitrogens with zero attached hydrogens (tertiary/aromatic N) is 5. The summed E-state index contributed by atoms with van der Waals surface area (Å²) in [5, 5.41) is 2.77. The average Bonchev–Trinajstić information content (AvgIpc) is 2.44. The first-order valence-electron chi connectivity index (χ1n) is 7.08. The van der Waals surface area contributed by atoms with Gasteiger partial charge in [-0.1, -0.05) is 0 Å². The van der Waals surface area contributed by atoms with Crippen LogP contribution in [0.15, 0.2) is 0 Å². The van der Waals surface area contributed by atoms with E-state index in [9.17, 15) is 13.2 Å². The molecule has 1 fully saturated rings. The highest BCUT2D eigenvalue weighted by Gasteiger charge is 2.35. The quantitative estimate of drug-likeness (QED) is 0.766. The number of halogens is 3. The van der Waals surface area contributed by atoms with Crippen LogP contribution in [0.5, 0.6) is 0 Å². The van der Waals surface area contributed by atoms with Gasteiger partial charge >= 0.3 is 6.18 Å². The number of rotatable bonds is 5. The van der Waals surface area contributed by atoms with Crippen LogP contribution in [0.3, 0.4) is 0 Å². The summed E-state index contributed by atoms with van der Waals surface area (Å²) in [5.74, 6) is -1.86. The number of alkyl halides is 3. The molecule has 0 bridgehead atoms. The molecular weight excluding hydrogens is 299 g/mol. The van der Waals surface area contributed by atoms with Crippen LogP contribution in [0, 0.1) is 0 Å². The Morgan fingerprint density at radius 2 is 1.82 bits per heavy atom. The van der Waals surface area contributed by atoms with Gasteiger partial charge in [0.25, 0.3) is 0 Å². The van der Waals surface area contributed by atoms with Crippen LogP contribution in [-0.2, 0) is 6.18 Å². The molecule has 0 radical (unpaired) electrons. The minimum atomic E-state index is -4.63. The lowest BCUT2D eigenvalue weighted by Gasteiger charge is -2.32. The summed E-state index contributed by atoms with van der Waals surface area (Å²) in [7, 11) is 2.09. The van der Waals surface area contributed by atoms with Gasteiger partial charge in [-0.05, 0) is 20.0 Å². The Kier molecular flexibility index (Phi) is 5.35. The number of piperazine rings is 1. The fourth-order valence-corrected chi connectivity index (χ4v) is 2.17. The van der Waals surface area contributed by atoms with Crippen molar-refractivity contribution in [3.8, 4) is 0 Å². The van der Waals surface area contributed by atoms with Gasteiger partial charge in [0.1, 0.15) is 0 Å². The number of hydrogen-bond donors (Lipinski definition) is 2. The van der Waals surface area contributed by atoms with E-state index in [0.717, 1.165) is 39.1 Å². The molecule has 1 aliphatic rings. The second-order valence-electron chi connectivity index (χ2n) is 5.26. The predicted octanol–water partition coefficient (Wildman–Crippen LogP) is 0.522. The topological polar surface area (TPSA) is 83.2 Å². The molecule has 0 amide bonds. The highest BCUT2D eigenvalue weighted by molar-refractivity contribution is 5.31. The Bertz CT molecular complexity index is 486. The van der Waals surface area contributed by atoms with Gasteiger partial charge in [0.15, 0.2) is 0 Å². The molecule has 0 saturated carbocycles. The summed E-state index contributed by atoms with van der Waals surface area (Å²) < 4.78 is 37.7. The summed E-state index contributed by atoms with van der Waals surface area (Å²) >= 11 is 0. The normalized spacial score (nSPS) is 17.6. The van der Waals surface area contributed by atoms with E-state index in [-0.39, 0.29) is 5.95 Å². The Labute approximate surface area is 126 Å². The molecule has 2 heterocycles. The fraction of sp³-hybridized carbons (Fsp3) is 0.750. The van der Waals surface area contributed by atoms with Gasteiger partial charge in [-0.15, -0.1) is 0 Å². The van der Waals surface area contributed by atoms with E-state index in [1.165, 1.54) is 0 Å². The van der Waals surface area contributed by atoms with Gasteiger partial charge in [-0.25, -0.2) is 0 Å². The van der Waals surface area contributed by atoms with Crippen molar-refractivity contribution in [2.45, 2.75) is 12.6 Å². The molecule has 0 atom stereocenters. The maximum Gasteiger partial charge on any atom is 0.451 e. The highest BCUT2D eigenvalue weighted by atomic mass is 19.4. The lowest BCUT2D eigenvalue weighted by molar-refractivity contribution is -0.144. The van der Waals surface area contributed by atoms with Crippen LogP contribution in [0.1, 0.15) is 12.2 Å². The van der Waals surface area contributed by atoms with Crippen LogP contribution in [0.2, 0.25) is 0 Å². The van der Waals surface area contributed by atoms with Gasteiger partial charge in [0.05, 0.1) is 0 Å². The van der Waals surface area contributed by atoms with Crippen LogP contribution in [0.25, 0.3) is 0 Å². The number of nitrogens with one attached hydrogen (secondary N) is 1. The molecule has 1 saturated heterocycles. The van der Waals surface area contributed by atoms with Gasteiger partial charge in [0.2, 0.25) is 17.7 Å². The minimum Gasteiger partial charge on any atom is -0.368 e. The molecular formula is C12H20F3N7. The van der Waals surface area contributed by atoms with Crippen molar-refractivity contribution in [1.82, 2.24) is 24.8 Å². The van der Waals surface area contributed by atoms with Gasteiger partial charge < -0.3 is 20.9 Å². The number of nitrogen functional groups attached to an aromatic ring is 1. The van der Waals surface area contributed by atoms with E-state index in [2.05, 4.69) is 37.1 Å². The maximum atomic E-state index is 12.6. The smallest absolute Gasteiger partial charge is 0.368 e. The van der Waals surface area contributed by atoms with E-state index in [1.54, 1.807) is 0 Å². The zero-order valence-electron chi connectivity index (χ0n) is 12.4. The summed E-state index contributed by atoms with van der Waals surface area (Å²) in [4.78, 5) is 14.7. The molecule has 22 heavy (non-hydrogen) atoms. The molecule has 0 spiro atoms. The third-order valence-electron chi connectivity index (χ3n) is 3.44. The number of hydrogen-bond acceptors (Lipinski definition) is 7. The highest BCUT2D eigenvalue weighted by Crippen LogP contribution is 2.26. The zero-order chi connectivity index (χ0) is 16.2. The van der Waals surface area contributed by atoms with E-state index >= 15 is 0 Å². The van der Waals surface area contributed by atoms with Crippen molar-refractivity contribution >= 4 is 11.9 Å². The first-order valence-corrected chi connectivity index (χ1v) is 7.08. The van der Waals surface area contributed by atoms with E-state index in [0.29, 0.717) is 6.54 Å². The first kappa shape index (κ1) is 16.7. The number of aromatic nitrogens is 3. The van der Waals surface area contributed by atoms with Crippen LogP contribution in [0.4, 0.5) is 25.1 Å². The number of nitrogens with two attached hydrogens (primary N) is 1. The van der Waals surface area contributed by atoms with Crippen LogP contribution in [-0.4, -0.2) is 71.1 Å². The molecule has 1 aromatic heterocycles. The van der Waals surface area contributed by atoms with Crippen molar-refractivity contribution < 1.29 is 13.2 Å². The lowest BCUT2D eigenvalue weighted by atomic mass is 10.3. The standard InChI is InChI=1S/C12H20F3N7/c1-21-5-7-22(8-6-21)4-2-3-17-11-19-9(12(13,14)15)18-10(16)20-11/h2-8H2,1H3,(H3,16,17,18,19,20). The summed E-state index contributed by atoms with van der Waals surface area (Å²) in [5.41, 5.74) is 5.28. The molecule has 1 aromatic rings. The third-order valence-corrected chi connectivity index (χ3v) is 3.44. The van der Waals surface area contributed by atoms with Crippen LogP contribution < -0.4 is 11.1 Å². The number of anilines is 2. The van der Waals surface area contributed by atoms with Crippen molar-refractivity contribution in [3.05, 3.63) is 5.82 Å². The van der Waals surface area contributed by atoms with Crippen molar-refractivity contribution in [1.29, 1.82) is 0 Å². The molecule has 2 rings (SSSR count). The molecule has 0 aromatic carbocycles. The molecule has 3 N–H and O–H groups in total. The molecule has 0 unspecified atom stereocenters. The Morgan fingerprint density at radius 1 is 1.14 bits per heavy atom. The molecule has 124 valence electrons. The van der Waals surface area contributed by atoms with Crippen molar-refractivity contribution in [2.24, 2.45) is 0 Å². The fourth-order valence-electron chi connectivity index (χ4n) is 2.17. The third kappa shape index (κ3) is 4.95. The Balaban J connectivity index is 1.78. The second kappa shape index (κ2) is 7.05. The van der Waals surface area contributed by atoms with Gasteiger partial charge in [-0.2, -0.15) is 28.1 Å². The van der Waals surface area contributed by atoms with E-state index in [1.807, 2.05) is 0 Å². The van der Waals surface area contributed by atoms with E-state index in [4.69, 9.17) is 5.73 Å². The van der Waals surface area contributed by atoms with Crippen molar-refractivity contribution in [3.63, 3.8) is 0 Å². The first-order chi connectivity index (χ1) is 10.3. The van der Waals surface area contributed by atoms with Crippen LogP contribution >= 0.6 is 0 Å². The largest absolute Gasteiger partial charge is 0.451 e. The average molecular weight is 319 g/mol. The Hall–Kier alpha value is -1.68. The molecule has 1 aliphatic heterocycles. The summed E-state index contributed by atoms with van der Waals surface area (Å²) in [6.45, 7) is 5.44. The minimum absolute atomic E-state index is 0.141. The second-order valence-corrected chi connectivity index (χ2v) is 5.26. The summed E-state index contributed by atoms with van der Waals surface area (Å²) in [6, 6.07) is 0. The Morgan fingerprint density at radius 3 is 2.45 bits per heavy atom. The van der Waals surface area contributed by atoms with Crippen molar-refractivity contribution in [2.75, 3.05) is 57.4 Å². The molecule has 10 heteroatoms. The maximum absolute atomic E-state index is 12.6. The molecule has 7 nitrogen and oxygen atoms in total. The lowest BCUT2D eigenvalue weighted by Crippen LogP contribution is -2.44. The summed E-state index contributed by atoms with van der Waals surface area (Å²) in [6.07, 6.45) is -3.84. The SMILES string of the molecule is CN1CCN(CCCNc2nc(N)nc(C(F)(F)F)n2)CC1. The van der Waals surface area contributed by atoms with E-state index < -0.39 is 17.9 Å². The van der Waals surface area contributed by atoms with Gasteiger partial charge in [0, 0.05) is 32.7 Å². The predicted molar refractivity (Wildman–Crippen MR) is 76.3 cm³/mol. The number of likely N-dealkylation sites (N-methyl/N-ethyl adjacent to an activating group) is 1.